The normalized spacial score (nSPS) is 14.5. The highest BCUT2D eigenvalue weighted by molar-refractivity contribution is 7.92. The fourth-order valence-corrected chi connectivity index (χ4v) is 4.65. The predicted octanol–water partition coefficient (Wildman–Crippen LogP) is 3.25. The van der Waals surface area contributed by atoms with Crippen molar-refractivity contribution in [1.82, 2.24) is 10.2 Å². The number of rotatable bonds is 8. The van der Waals surface area contributed by atoms with Gasteiger partial charge in [0.15, 0.2) is 0 Å². The van der Waals surface area contributed by atoms with E-state index in [4.69, 9.17) is 4.74 Å². The van der Waals surface area contributed by atoms with Crippen LogP contribution in [-0.2, 0) is 27.8 Å². The predicted molar refractivity (Wildman–Crippen MR) is 127 cm³/mol. The van der Waals surface area contributed by atoms with Crippen LogP contribution in [0.15, 0.2) is 83.8 Å². The molecular weight excluding hydrogens is 438 g/mol. The standard InChI is InChI=1S/C25H27N3O4S/c29-25(26-18-20-6-8-21(9-7-20)19-28-14-16-32-17-15-28)22-10-12-23(13-11-22)27-33(30,31)24-4-2-1-3-5-24/h1-13,27H,14-19H2,(H,26,29). The molecule has 33 heavy (non-hydrogen) atoms. The molecule has 0 radical (unpaired) electrons. The molecule has 1 heterocycles. The lowest BCUT2D eigenvalue weighted by molar-refractivity contribution is 0.0342. The molecule has 1 saturated heterocycles. The van der Waals surface area contributed by atoms with Crippen LogP contribution in [0.1, 0.15) is 21.5 Å². The third-order valence-electron chi connectivity index (χ3n) is 5.44. The third-order valence-corrected chi connectivity index (χ3v) is 6.84. The van der Waals surface area contributed by atoms with E-state index in [9.17, 15) is 13.2 Å². The molecule has 1 amide bonds. The Morgan fingerprint density at radius 2 is 1.48 bits per heavy atom. The van der Waals surface area contributed by atoms with Crippen LogP contribution in [0, 0.1) is 0 Å². The van der Waals surface area contributed by atoms with Crippen LogP contribution in [0.2, 0.25) is 0 Å². The number of nitrogens with zero attached hydrogens (tertiary/aromatic N) is 1. The summed E-state index contributed by atoms with van der Waals surface area (Å²) in [5.74, 6) is -0.218. The van der Waals surface area contributed by atoms with Gasteiger partial charge < -0.3 is 10.1 Å². The van der Waals surface area contributed by atoms with E-state index in [0.717, 1.165) is 38.4 Å². The van der Waals surface area contributed by atoms with Gasteiger partial charge in [-0.15, -0.1) is 0 Å². The van der Waals surface area contributed by atoms with Crippen LogP contribution in [0.3, 0.4) is 0 Å². The number of sulfonamides is 1. The van der Waals surface area contributed by atoms with Crippen molar-refractivity contribution in [3.05, 3.63) is 95.6 Å². The molecule has 8 heteroatoms. The van der Waals surface area contributed by atoms with E-state index < -0.39 is 10.0 Å². The molecule has 4 rings (SSSR count). The van der Waals surface area contributed by atoms with Crippen molar-refractivity contribution in [2.24, 2.45) is 0 Å². The highest BCUT2D eigenvalue weighted by Gasteiger charge is 2.14. The van der Waals surface area contributed by atoms with Crippen molar-refractivity contribution in [2.75, 3.05) is 31.0 Å². The number of nitrogens with one attached hydrogen (secondary N) is 2. The Kier molecular flexibility index (Phi) is 7.39. The van der Waals surface area contributed by atoms with E-state index in [2.05, 4.69) is 27.1 Å². The summed E-state index contributed by atoms with van der Waals surface area (Å²) >= 11 is 0. The second-order valence-corrected chi connectivity index (χ2v) is 9.57. The molecule has 0 bridgehead atoms. The molecule has 0 saturated carbocycles. The lowest BCUT2D eigenvalue weighted by atomic mass is 10.1. The van der Waals surface area contributed by atoms with Gasteiger partial charge in [-0.3, -0.25) is 14.4 Å². The maximum atomic E-state index is 12.5. The van der Waals surface area contributed by atoms with E-state index in [0.29, 0.717) is 17.8 Å². The van der Waals surface area contributed by atoms with Crippen molar-refractivity contribution < 1.29 is 17.9 Å². The van der Waals surface area contributed by atoms with Crippen molar-refractivity contribution in [3.8, 4) is 0 Å². The quantitative estimate of drug-likeness (QED) is 0.533. The summed E-state index contributed by atoms with van der Waals surface area (Å²) in [4.78, 5) is 15.0. The molecule has 3 aromatic carbocycles. The van der Waals surface area contributed by atoms with Gasteiger partial charge in [0.25, 0.3) is 15.9 Å². The minimum absolute atomic E-state index is 0.183. The van der Waals surface area contributed by atoms with Gasteiger partial charge in [-0.2, -0.15) is 0 Å². The highest BCUT2D eigenvalue weighted by atomic mass is 32.2. The topological polar surface area (TPSA) is 87.7 Å². The summed E-state index contributed by atoms with van der Waals surface area (Å²) in [6, 6.07) is 22.7. The molecule has 3 aromatic rings. The van der Waals surface area contributed by atoms with Crippen molar-refractivity contribution >= 4 is 21.6 Å². The molecule has 0 aromatic heterocycles. The second kappa shape index (κ2) is 10.6. The zero-order chi connectivity index (χ0) is 23.1. The Morgan fingerprint density at radius 1 is 0.848 bits per heavy atom. The van der Waals surface area contributed by atoms with E-state index in [1.165, 1.54) is 17.7 Å². The maximum Gasteiger partial charge on any atom is 0.261 e. The Morgan fingerprint density at radius 3 is 2.15 bits per heavy atom. The smallest absolute Gasteiger partial charge is 0.261 e. The fourth-order valence-electron chi connectivity index (χ4n) is 3.57. The first kappa shape index (κ1) is 23.0. The molecular formula is C25H27N3O4S. The summed E-state index contributed by atoms with van der Waals surface area (Å²) in [5.41, 5.74) is 3.11. The first-order valence-electron chi connectivity index (χ1n) is 10.8. The number of hydrogen-bond donors (Lipinski definition) is 2. The van der Waals surface area contributed by atoms with Gasteiger partial charge in [0.1, 0.15) is 0 Å². The first-order chi connectivity index (χ1) is 16.0. The molecule has 0 atom stereocenters. The first-order valence-corrected chi connectivity index (χ1v) is 12.3. The van der Waals surface area contributed by atoms with E-state index in [1.54, 1.807) is 42.5 Å². The maximum absolute atomic E-state index is 12.5. The number of carbonyl (C=O) groups is 1. The Labute approximate surface area is 194 Å². The summed E-state index contributed by atoms with van der Waals surface area (Å²) < 4.78 is 32.7. The van der Waals surface area contributed by atoms with Crippen molar-refractivity contribution in [1.29, 1.82) is 0 Å². The number of hydrogen-bond acceptors (Lipinski definition) is 5. The third kappa shape index (κ3) is 6.41. The largest absolute Gasteiger partial charge is 0.379 e. The number of amides is 1. The van der Waals surface area contributed by atoms with Gasteiger partial charge in [0.05, 0.1) is 18.1 Å². The second-order valence-electron chi connectivity index (χ2n) is 7.88. The van der Waals surface area contributed by atoms with E-state index in [-0.39, 0.29) is 10.8 Å². The Balaban J connectivity index is 1.29. The number of ether oxygens (including phenoxy) is 1. The van der Waals surface area contributed by atoms with E-state index >= 15 is 0 Å². The lowest BCUT2D eigenvalue weighted by Crippen LogP contribution is -2.35. The molecule has 0 unspecified atom stereocenters. The number of benzene rings is 3. The van der Waals surface area contributed by atoms with Gasteiger partial charge in [0.2, 0.25) is 0 Å². The Bertz CT molecular complexity index is 1160. The zero-order valence-electron chi connectivity index (χ0n) is 18.2. The Hall–Kier alpha value is -3.20. The van der Waals surface area contributed by atoms with Crippen molar-refractivity contribution in [2.45, 2.75) is 18.0 Å². The minimum Gasteiger partial charge on any atom is -0.379 e. The average molecular weight is 466 g/mol. The molecule has 1 aliphatic rings. The van der Waals surface area contributed by atoms with Crippen LogP contribution in [0.4, 0.5) is 5.69 Å². The molecule has 2 N–H and O–H groups in total. The SMILES string of the molecule is O=C(NCc1ccc(CN2CCOCC2)cc1)c1ccc(NS(=O)(=O)c2ccccc2)cc1. The summed E-state index contributed by atoms with van der Waals surface area (Å²) in [7, 11) is -3.67. The summed E-state index contributed by atoms with van der Waals surface area (Å²) in [6.07, 6.45) is 0. The van der Waals surface area contributed by atoms with Gasteiger partial charge in [-0.05, 0) is 47.5 Å². The fraction of sp³-hybridized carbons (Fsp3) is 0.240. The summed E-state index contributed by atoms with van der Waals surface area (Å²) in [5, 5.41) is 2.91. The molecule has 7 nitrogen and oxygen atoms in total. The van der Waals surface area contributed by atoms with Crippen molar-refractivity contribution in [3.63, 3.8) is 0 Å². The number of anilines is 1. The van der Waals surface area contributed by atoms with Crippen LogP contribution in [0.5, 0.6) is 0 Å². The lowest BCUT2D eigenvalue weighted by Gasteiger charge is -2.26. The molecule has 0 aliphatic carbocycles. The van der Waals surface area contributed by atoms with E-state index in [1.807, 2.05) is 12.1 Å². The average Bonchev–Trinajstić information content (AvgIpc) is 2.85. The molecule has 1 aliphatic heterocycles. The molecule has 0 spiro atoms. The molecule has 1 fully saturated rings. The highest BCUT2D eigenvalue weighted by Crippen LogP contribution is 2.16. The zero-order valence-corrected chi connectivity index (χ0v) is 19.1. The molecule has 172 valence electrons. The number of carbonyl (C=O) groups excluding carboxylic acids is 1. The number of morpholine rings is 1. The van der Waals surface area contributed by atoms with Gasteiger partial charge in [0, 0.05) is 37.4 Å². The minimum atomic E-state index is -3.67. The van der Waals surface area contributed by atoms with Crippen LogP contribution >= 0.6 is 0 Å². The van der Waals surface area contributed by atoms with Gasteiger partial charge in [-0.1, -0.05) is 42.5 Å². The van der Waals surface area contributed by atoms with Crippen LogP contribution in [0.25, 0.3) is 0 Å². The van der Waals surface area contributed by atoms with Gasteiger partial charge in [-0.25, -0.2) is 8.42 Å². The van der Waals surface area contributed by atoms with Gasteiger partial charge >= 0.3 is 0 Å². The van der Waals surface area contributed by atoms with Crippen LogP contribution in [-0.4, -0.2) is 45.5 Å². The summed E-state index contributed by atoms with van der Waals surface area (Å²) in [6.45, 7) is 4.78. The van der Waals surface area contributed by atoms with Crippen LogP contribution < -0.4 is 10.0 Å². The monoisotopic (exact) mass is 465 g/mol.